The van der Waals surface area contributed by atoms with Gasteiger partial charge in [0.15, 0.2) is 0 Å². The second-order valence-corrected chi connectivity index (χ2v) is 4.55. The van der Waals surface area contributed by atoms with Crippen LogP contribution in [0.2, 0.25) is 0 Å². The monoisotopic (exact) mass is 286 g/mol. The zero-order chi connectivity index (χ0) is 15.1. The Morgan fingerprint density at radius 2 is 2.33 bits per heavy atom. The average Bonchev–Trinajstić information content (AvgIpc) is 2.98. The molecule has 2 aromatic rings. The second kappa shape index (κ2) is 7.23. The first-order valence-corrected chi connectivity index (χ1v) is 6.64. The Morgan fingerprint density at radius 3 is 3.05 bits per heavy atom. The fourth-order valence-corrected chi connectivity index (χ4v) is 1.86. The van der Waals surface area contributed by atoms with E-state index >= 15 is 0 Å². The van der Waals surface area contributed by atoms with Crippen LogP contribution in [0.1, 0.15) is 17.0 Å². The molecule has 0 radical (unpaired) electrons. The third-order valence-corrected chi connectivity index (χ3v) is 2.93. The number of hydrogen-bond donors (Lipinski definition) is 2. The Kier molecular flexibility index (Phi) is 5.09. The van der Waals surface area contributed by atoms with Gasteiger partial charge in [0.1, 0.15) is 17.9 Å². The smallest absolute Gasteiger partial charge is 0.244 e. The number of aromatic amines is 1. The molecular formula is C15H18N4O2. The van der Waals surface area contributed by atoms with Gasteiger partial charge < -0.3 is 10.1 Å². The molecule has 0 spiro atoms. The van der Waals surface area contributed by atoms with E-state index < -0.39 is 0 Å². The standard InChI is InChI=1S/C15H18N4O2/c1-11-3-5-13(21-2)12(9-11)4-6-15(20)16-8-7-14-17-10-18-19-14/h3-6,9-10H,7-8H2,1-2H3,(H,16,20)(H,17,18,19). The predicted octanol–water partition coefficient (Wildman–Crippen LogP) is 1.49. The first-order chi connectivity index (χ1) is 10.2. The fourth-order valence-electron chi connectivity index (χ4n) is 1.86. The number of amides is 1. The van der Waals surface area contributed by atoms with Crippen LogP contribution in [-0.2, 0) is 11.2 Å². The minimum Gasteiger partial charge on any atom is -0.496 e. The first-order valence-electron chi connectivity index (χ1n) is 6.64. The number of aromatic nitrogens is 3. The normalized spacial score (nSPS) is 10.8. The van der Waals surface area contributed by atoms with Crippen LogP contribution >= 0.6 is 0 Å². The highest BCUT2D eigenvalue weighted by atomic mass is 16.5. The van der Waals surface area contributed by atoms with E-state index in [9.17, 15) is 4.79 Å². The third kappa shape index (κ3) is 4.45. The lowest BCUT2D eigenvalue weighted by Gasteiger charge is -2.05. The molecule has 2 rings (SSSR count). The summed E-state index contributed by atoms with van der Waals surface area (Å²) in [6.07, 6.45) is 5.31. The van der Waals surface area contributed by atoms with Crippen molar-refractivity contribution in [1.82, 2.24) is 20.5 Å². The van der Waals surface area contributed by atoms with Crippen molar-refractivity contribution in [3.8, 4) is 5.75 Å². The zero-order valence-corrected chi connectivity index (χ0v) is 12.1. The Labute approximate surface area is 123 Å². The topological polar surface area (TPSA) is 79.9 Å². The SMILES string of the molecule is COc1ccc(C)cc1C=CC(=O)NCCc1ncn[nH]1. The molecule has 0 aliphatic heterocycles. The third-order valence-electron chi connectivity index (χ3n) is 2.93. The number of aryl methyl sites for hydroxylation is 1. The van der Waals surface area contributed by atoms with E-state index in [0.717, 1.165) is 22.7 Å². The van der Waals surface area contributed by atoms with Crippen molar-refractivity contribution in [2.75, 3.05) is 13.7 Å². The van der Waals surface area contributed by atoms with Crippen molar-refractivity contribution < 1.29 is 9.53 Å². The van der Waals surface area contributed by atoms with Gasteiger partial charge in [-0.3, -0.25) is 9.89 Å². The number of carbonyl (C=O) groups excluding carboxylic acids is 1. The lowest BCUT2D eigenvalue weighted by atomic mass is 10.1. The summed E-state index contributed by atoms with van der Waals surface area (Å²) in [5, 5.41) is 9.28. The molecule has 2 N–H and O–H groups in total. The van der Waals surface area contributed by atoms with E-state index in [1.165, 1.54) is 12.4 Å². The Balaban J connectivity index is 1.88. The maximum absolute atomic E-state index is 11.7. The Bertz CT molecular complexity index is 621. The van der Waals surface area contributed by atoms with E-state index in [0.29, 0.717) is 13.0 Å². The lowest BCUT2D eigenvalue weighted by Crippen LogP contribution is -2.23. The zero-order valence-electron chi connectivity index (χ0n) is 12.1. The number of carbonyl (C=O) groups is 1. The van der Waals surface area contributed by atoms with Gasteiger partial charge in [0, 0.05) is 24.6 Å². The van der Waals surface area contributed by atoms with Crippen molar-refractivity contribution in [3.63, 3.8) is 0 Å². The number of nitrogens with one attached hydrogen (secondary N) is 2. The first kappa shape index (κ1) is 14.8. The highest BCUT2D eigenvalue weighted by Crippen LogP contribution is 2.20. The molecule has 21 heavy (non-hydrogen) atoms. The number of nitrogens with zero attached hydrogens (tertiary/aromatic N) is 2. The molecule has 1 aromatic heterocycles. The van der Waals surface area contributed by atoms with Crippen molar-refractivity contribution in [2.24, 2.45) is 0 Å². The Hall–Kier alpha value is -2.63. The molecule has 0 saturated heterocycles. The molecule has 0 fully saturated rings. The molecule has 0 unspecified atom stereocenters. The quantitative estimate of drug-likeness (QED) is 0.789. The Morgan fingerprint density at radius 1 is 1.48 bits per heavy atom. The van der Waals surface area contributed by atoms with Crippen molar-refractivity contribution in [2.45, 2.75) is 13.3 Å². The predicted molar refractivity (Wildman–Crippen MR) is 79.9 cm³/mol. The largest absolute Gasteiger partial charge is 0.496 e. The van der Waals surface area contributed by atoms with Gasteiger partial charge in [0.05, 0.1) is 7.11 Å². The number of H-pyrrole nitrogens is 1. The molecule has 0 aliphatic carbocycles. The molecule has 0 aliphatic rings. The number of methoxy groups -OCH3 is 1. The summed E-state index contributed by atoms with van der Waals surface area (Å²) in [5.41, 5.74) is 1.99. The fraction of sp³-hybridized carbons (Fsp3) is 0.267. The summed E-state index contributed by atoms with van der Waals surface area (Å²) in [4.78, 5) is 15.7. The number of hydrogen-bond acceptors (Lipinski definition) is 4. The molecule has 1 aromatic carbocycles. The van der Waals surface area contributed by atoms with Gasteiger partial charge in [-0.15, -0.1) is 0 Å². The minimum atomic E-state index is -0.155. The van der Waals surface area contributed by atoms with Gasteiger partial charge in [0.2, 0.25) is 5.91 Å². The molecule has 0 bridgehead atoms. The van der Waals surface area contributed by atoms with E-state index in [1.54, 1.807) is 13.2 Å². The molecule has 0 saturated carbocycles. The molecule has 0 atom stereocenters. The van der Waals surface area contributed by atoms with E-state index in [4.69, 9.17) is 4.74 Å². The number of benzene rings is 1. The van der Waals surface area contributed by atoms with E-state index in [2.05, 4.69) is 20.5 Å². The van der Waals surface area contributed by atoms with Gasteiger partial charge in [-0.1, -0.05) is 11.6 Å². The van der Waals surface area contributed by atoms with Crippen molar-refractivity contribution in [3.05, 3.63) is 47.6 Å². The molecule has 6 heteroatoms. The van der Waals surface area contributed by atoms with Crippen molar-refractivity contribution in [1.29, 1.82) is 0 Å². The molecule has 6 nitrogen and oxygen atoms in total. The van der Waals surface area contributed by atoms with Gasteiger partial charge in [0.25, 0.3) is 0 Å². The highest BCUT2D eigenvalue weighted by molar-refractivity contribution is 5.92. The summed E-state index contributed by atoms with van der Waals surface area (Å²) in [7, 11) is 1.61. The van der Waals surface area contributed by atoms with Crippen LogP contribution in [-0.4, -0.2) is 34.7 Å². The summed E-state index contributed by atoms with van der Waals surface area (Å²) in [6.45, 7) is 2.50. The summed E-state index contributed by atoms with van der Waals surface area (Å²) >= 11 is 0. The molecule has 1 heterocycles. The molecule has 1 amide bonds. The maximum atomic E-state index is 11.7. The van der Waals surface area contributed by atoms with Crippen LogP contribution in [0.25, 0.3) is 6.08 Å². The van der Waals surface area contributed by atoms with Crippen LogP contribution < -0.4 is 10.1 Å². The van der Waals surface area contributed by atoms with Gasteiger partial charge >= 0.3 is 0 Å². The second-order valence-electron chi connectivity index (χ2n) is 4.55. The van der Waals surface area contributed by atoms with Crippen LogP contribution in [0.15, 0.2) is 30.6 Å². The van der Waals surface area contributed by atoms with Crippen LogP contribution in [0, 0.1) is 6.92 Å². The van der Waals surface area contributed by atoms with E-state index in [1.807, 2.05) is 25.1 Å². The van der Waals surface area contributed by atoms with Gasteiger partial charge in [-0.25, -0.2) is 4.98 Å². The summed E-state index contributed by atoms with van der Waals surface area (Å²) in [6, 6.07) is 5.82. The number of rotatable bonds is 6. The van der Waals surface area contributed by atoms with Gasteiger partial charge in [-0.2, -0.15) is 5.10 Å². The maximum Gasteiger partial charge on any atom is 0.244 e. The number of ether oxygens (including phenoxy) is 1. The summed E-state index contributed by atoms with van der Waals surface area (Å²) in [5.74, 6) is 1.34. The molecular weight excluding hydrogens is 268 g/mol. The van der Waals surface area contributed by atoms with Gasteiger partial charge in [-0.05, 0) is 25.1 Å². The summed E-state index contributed by atoms with van der Waals surface area (Å²) < 4.78 is 5.26. The average molecular weight is 286 g/mol. The van der Waals surface area contributed by atoms with Crippen LogP contribution in [0.5, 0.6) is 5.75 Å². The van der Waals surface area contributed by atoms with Crippen molar-refractivity contribution >= 4 is 12.0 Å². The highest BCUT2D eigenvalue weighted by Gasteiger charge is 2.01. The van der Waals surface area contributed by atoms with E-state index in [-0.39, 0.29) is 5.91 Å². The van der Waals surface area contributed by atoms with Crippen LogP contribution in [0.4, 0.5) is 0 Å². The van der Waals surface area contributed by atoms with Crippen LogP contribution in [0.3, 0.4) is 0 Å². The molecule has 110 valence electrons. The minimum absolute atomic E-state index is 0.155. The lowest BCUT2D eigenvalue weighted by molar-refractivity contribution is -0.116.